The summed E-state index contributed by atoms with van der Waals surface area (Å²) in [4.78, 5) is 0. The fraction of sp³-hybridized carbons (Fsp3) is 1.00. The molecule has 2 nitrogen and oxygen atoms in total. The third kappa shape index (κ3) is 7.03. The van der Waals surface area contributed by atoms with Gasteiger partial charge in [-0.2, -0.15) is 0 Å². The Bertz CT molecular complexity index is 78.5. The third-order valence-corrected chi connectivity index (χ3v) is 2.03. The molecule has 0 rings (SSSR count). The molecule has 11 heavy (non-hydrogen) atoms. The van der Waals surface area contributed by atoms with Gasteiger partial charge in [-0.3, -0.25) is 0 Å². The van der Waals surface area contributed by atoms with E-state index in [1.165, 1.54) is 0 Å². The minimum Gasteiger partial charge on any atom is -0.353 e. The van der Waals surface area contributed by atoms with Crippen LogP contribution in [0.2, 0.25) is 0 Å². The zero-order chi connectivity index (χ0) is 8.53. The second-order valence-corrected chi connectivity index (χ2v) is 3.29. The van der Waals surface area contributed by atoms with Crippen LogP contribution in [0.4, 0.5) is 0 Å². The summed E-state index contributed by atoms with van der Waals surface area (Å²) < 4.78 is 11.9. The Labute approximate surface area is 82.8 Å². The third-order valence-electron chi connectivity index (χ3n) is 1.27. The van der Waals surface area contributed by atoms with E-state index in [-0.39, 0.29) is 6.29 Å². The van der Waals surface area contributed by atoms with Crippen molar-refractivity contribution in [3.63, 3.8) is 0 Å². The fourth-order valence-electron chi connectivity index (χ4n) is 0.739. The van der Waals surface area contributed by atoms with Gasteiger partial charge < -0.3 is 9.47 Å². The van der Waals surface area contributed by atoms with Gasteiger partial charge in [-0.1, -0.05) is 29.5 Å². The monoisotopic (exact) mass is 272 g/mol. The summed E-state index contributed by atoms with van der Waals surface area (Å²) in [6.07, 6.45) is 2.07. The van der Waals surface area contributed by atoms with Crippen molar-refractivity contribution in [1.82, 2.24) is 0 Å². The predicted molar refractivity (Wildman–Crippen MR) is 55.2 cm³/mol. The average molecular weight is 272 g/mol. The first-order chi connectivity index (χ1) is 5.35. The van der Waals surface area contributed by atoms with Crippen molar-refractivity contribution in [3.8, 4) is 0 Å². The molecule has 0 aliphatic rings. The van der Waals surface area contributed by atoms with Crippen LogP contribution in [0.3, 0.4) is 0 Å². The SMILES string of the molecule is CCOC(CC)OCCCI. The molecular weight excluding hydrogens is 255 g/mol. The maximum Gasteiger partial charge on any atom is 0.157 e. The van der Waals surface area contributed by atoms with E-state index >= 15 is 0 Å². The molecule has 68 valence electrons. The summed E-state index contributed by atoms with van der Waals surface area (Å²) >= 11 is 2.35. The zero-order valence-electron chi connectivity index (χ0n) is 7.31. The molecule has 0 aliphatic heterocycles. The molecule has 0 spiro atoms. The molecule has 0 amide bonds. The van der Waals surface area contributed by atoms with E-state index in [2.05, 4.69) is 29.5 Å². The standard InChI is InChI=1S/C8H17IO2/c1-3-8(10-4-2)11-7-5-6-9/h8H,3-7H2,1-2H3. The van der Waals surface area contributed by atoms with Crippen molar-refractivity contribution < 1.29 is 9.47 Å². The van der Waals surface area contributed by atoms with Gasteiger partial charge >= 0.3 is 0 Å². The molecule has 0 bridgehead atoms. The van der Waals surface area contributed by atoms with Crippen LogP contribution in [0, 0.1) is 0 Å². The van der Waals surface area contributed by atoms with Crippen molar-refractivity contribution in [2.45, 2.75) is 33.0 Å². The number of ether oxygens (including phenoxy) is 2. The summed E-state index contributed by atoms with van der Waals surface area (Å²) in [5, 5.41) is 0. The lowest BCUT2D eigenvalue weighted by Crippen LogP contribution is -2.16. The van der Waals surface area contributed by atoms with Gasteiger partial charge in [-0.05, 0) is 19.8 Å². The summed E-state index contributed by atoms with van der Waals surface area (Å²) in [7, 11) is 0. The van der Waals surface area contributed by atoms with Gasteiger partial charge in [0.05, 0.1) is 6.61 Å². The minimum atomic E-state index is 0.0166. The Balaban J connectivity index is 3.20. The van der Waals surface area contributed by atoms with Crippen molar-refractivity contribution in [2.75, 3.05) is 17.6 Å². The van der Waals surface area contributed by atoms with Crippen LogP contribution in [0.25, 0.3) is 0 Å². The van der Waals surface area contributed by atoms with E-state index < -0.39 is 0 Å². The molecule has 1 atom stereocenters. The fourth-order valence-corrected chi connectivity index (χ4v) is 1.05. The Morgan fingerprint density at radius 1 is 1.27 bits per heavy atom. The molecule has 0 saturated heterocycles. The topological polar surface area (TPSA) is 18.5 Å². The maximum absolute atomic E-state index is 5.45. The van der Waals surface area contributed by atoms with Crippen LogP contribution in [-0.2, 0) is 9.47 Å². The van der Waals surface area contributed by atoms with Gasteiger partial charge in [0.15, 0.2) is 6.29 Å². The Morgan fingerprint density at radius 3 is 2.45 bits per heavy atom. The van der Waals surface area contributed by atoms with E-state index in [0.717, 1.165) is 30.5 Å². The quantitative estimate of drug-likeness (QED) is 0.307. The van der Waals surface area contributed by atoms with E-state index in [0.29, 0.717) is 0 Å². The number of hydrogen-bond donors (Lipinski definition) is 0. The number of hydrogen-bond acceptors (Lipinski definition) is 2. The normalized spacial score (nSPS) is 13.4. The maximum atomic E-state index is 5.45. The molecule has 0 radical (unpaired) electrons. The summed E-state index contributed by atoms with van der Waals surface area (Å²) in [5.41, 5.74) is 0. The number of rotatable bonds is 7. The molecule has 0 aromatic carbocycles. The summed E-state index contributed by atoms with van der Waals surface area (Å²) in [6.45, 7) is 5.62. The lowest BCUT2D eigenvalue weighted by Gasteiger charge is -2.14. The van der Waals surface area contributed by atoms with E-state index in [1.54, 1.807) is 0 Å². The van der Waals surface area contributed by atoms with Crippen LogP contribution in [-0.4, -0.2) is 23.9 Å². The molecule has 0 aliphatic carbocycles. The highest BCUT2D eigenvalue weighted by Gasteiger charge is 2.03. The van der Waals surface area contributed by atoms with Gasteiger partial charge in [0.2, 0.25) is 0 Å². The highest BCUT2D eigenvalue weighted by Crippen LogP contribution is 2.01. The minimum absolute atomic E-state index is 0.0166. The Hall–Kier alpha value is 0.650. The van der Waals surface area contributed by atoms with E-state index in [4.69, 9.17) is 9.47 Å². The van der Waals surface area contributed by atoms with Crippen molar-refractivity contribution >= 4 is 22.6 Å². The first kappa shape index (κ1) is 11.6. The molecule has 0 aromatic heterocycles. The van der Waals surface area contributed by atoms with Crippen molar-refractivity contribution in [2.24, 2.45) is 0 Å². The van der Waals surface area contributed by atoms with Crippen LogP contribution < -0.4 is 0 Å². The zero-order valence-corrected chi connectivity index (χ0v) is 9.46. The van der Waals surface area contributed by atoms with E-state index in [1.807, 2.05) is 6.92 Å². The molecule has 3 heteroatoms. The second-order valence-electron chi connectivity index (χ2n) is 2.21. The first-order valence-electron chi connectivity index (χ1n) is 4.14. The van der Waals surface area contributed by atoms with Crippen molar-refractivity contribution in [1.29, 1.82) is 0 Å². The molecule has 1 unspecified atom stereocenters. The second kappa shape index (κ2) is 8.74. The van der Waals surface area contributed by atoms with Gasteiger partial charge in [0.1, 0.15) is 0 Å². The van der Waals surface area contributed by atoms with Crippen LogP contribution >= 0.6 is 22.6 Å². The average Bonchev–Trinajstić information content (AvgIpc) is 2.03. The predicted octanol–water partition coefficient (Wildman–Crippen LogP) is 2.60. The molecule has 0 fully saturated rings. The summed E-state index contributed by atoms with van der Waals surface area (Å²) in [5.74, 6) is 0. The van der Waals surface area contributed by atoms with Crippen LogP contribution in [0.1, 0.15) is 26.7 Å². The van der Waals surface area contributed by atoms with Gasteiger partial charge in [-0.15, -0.1) is 0 Å². The van der Waals surface area contributed by atoms with Gasteiger partial charge in [0, 0.05) is 11.0 Å². The molecule has 0 N–H and O–H groups in total. The van der Waals surface area contributed by atoms with Gasteiger partial charge in [-0.25, -0.2) is 0 Å². The highest BCUT2D eigenvalue weighted by atomic mass is 127. The van der Waals surface area contributed by atoms with Crippen molar-refractivity contribution in [3.05, 3.63) is 0 Å². The van der Waals surface area contributed by atoms with E-state index in [9.17, 15) is 0 Å². The summed E-state index contributed by atoms with van der Waals surface area (Å²) in [6, 6.07) is 0. The Kier molecular flexibility index (Phi) is 9.26. The lowest BCUT2D eigenvalue weighted by atomic mass is 10.4. The largest absolute Gasteiger partial charge is 0.353 e. The Morgan fingerprint density at radius 2 is 2.00 bits per heavy atom. The molecule has 0 heterocycles. The van der Waals surface area contributed by atoms with Crippen LogP contribution in [0.5, 0.6) is 0 Å². The number of halogens is 1. The van der Waals surface area contributed by atoms with Gasteiger partial charge in [0.25, 0.3) is 0 Å². The highest BCUT2D eigenvalue weighted by molar-refractivity contribution is 14.1. The lowest BCUT2D eigenvalue weighted by molar-refractivity contribution is -0.139. The molecular formula is C8H17IO2. The van der Waals surface area contributed by atoms with Crippen LogP contribution in [0.15, 0.2) is 0 Å². The first-order valence-corrected chi connectivity index (χ1v) is 5.66. The number of alkyl halides is 1. The molecule has 0 saturated carbocycles. The smallest absolute Gasteiger partial charge is 0.157 e. The molecule has 0 aromatic rings.